The molecule has 1 rings (SSSR count). The number of aromatic nitrogens is 2. The maximum absolute atomic E-state index is 11.8. The van der Waals surface area contributed by atoms with Crippen molar-refractivity contribution in [1.29, 1.82) is 0 Å². The van der Waals surface area contributed by atoms with E-state index in [0.29, 0.717) is 13.1 Å². The Labute approximate surface area is 99.2 Å². The van der Waals surface area contributed by atoms with Gasteiger partial charge in [0, 0.05) is 19.3 Å². The van der Waals surface area contributed by atoms with Gasteiger partial charge >= 0.3 is 6.03 Å². The lowest BCUT2D eigenvalue weighted by Gasteiger charge is -2.05. The largest absolute Gasteiger partial charge is 0.381 e. The molecule has 96 valence electrons. The molecule has 0 aliphatic rings. The zero-order valence-corrected chi connectivity index (χ0v) is 10.4. The molecule has 0 bridgehead atoms. The first-order valence-corrected chi connectivity index (χ1v) is 6.52. The van der Waals surface area contributed by atoms with E-state index in [-0.39, 0.29) is 10.7 Å². The van der Waals surface area contributed by atoms with Gasteiger partial charge in [0.1, 0.15) is 4.90 Å². The van der Waals surface area contributed by atoms with E-state index in [9.17, 15) is 13.2 Å². The number of carbonyl (C=O) groups is 1. The Hall–Kier alpha value is -1.77. The van der Waals surface area contributed by atoms with Crippen LogP contribution in [0.1, 0.15) is 13.8 Å². The summed E-state index contributed by atoms with van der Waals surface area (Å²) in [4.78, 5) is 10.9. The van der Waals surface area contributed by atoms with Gasteiger partial charge in [-0.3, -0.25) is 4.68 Å². The third kappa shape index (κ3) is 3.09. The molecule has 0 spiro atoms. The van der Waals surface area contributed by atoms with Crippen molar-refractivity contribution in [2.75, 3.05) is 12.3 Å². The fourth-order valence-corrected chi connectivity index (χ4v) is 2.16. The van der Waals surface area contributed by atoms with E-state index in [1.165, 1.54) is 10.9 Å². The van der Waals surface area contributed by atoms with E-state index in [2.05, 4.69) is 10.4 Å². The summed E-state index contributed by atoms with van der Waals surface area (Å²) in [6.45, 7) is 4.28. The van der Waals surface area contributed by atoms with Gasteiger partial charge in [0.25, 0.3) is 10.0 Å². The topological polar surface area (TPSA) is 119 Å². The molecule has 8 nitrogen and oxygen atoms in total. The molecular weight excluding hydrogens is 246 g/mol. The van der Waals surface area contributed by atoms with Crippen molar-refractivity contribution in [2.45, 2.75) is 25.3 Å². The number of aryl methyl sites for hydroxylation is 1. The minimum atomic E-state index is -3.97. The number of sulfonamides is 1. The Morgan fingerprint density at radius 1 is 1.53 bits per heavy atom. The monoisotopic (exact) mass is 261 g/mol. The lowest BCUT2D eigenvalue weighted by Crippen LogP contribution is -2.39. The second kappa shape index (κ2) is 5.04. The standard InChI is InChI=1S/C8H15N5O3S/c1-3-10-8(14)12-17(15,16)6-5-13(4-2)11-7(6)9/h5H,3-4H2,1-2H3,(H2,9,11)(H2,10,12,14). The molecule has 0 saturated carbocycles. The highest BCUT2D eigenvalue weighted by atomic mass is 32.2. The van der Waals surface area contributed by atoms with Gasteiger partial charge in [0.2, 0.25) is 0 Å². The van der Waals surface area contributed by atoms with Crippen molar-refractivity contribution in [2.24, 2.45) is 0 Å². The lowest BCUT2D eigenvalue weighted by atomic mass is 10.6. The normalized spacial score (nSPS) is 11.2. The summed E-state index contributed by atoms with van der Waals surface area (Å²) in [5.74, 6) is -0.136. The van der Waals surface area contributed by atoms with Crippen LogP contribution in [-0.4, -0.2) is 30.8 Å². The molecule has 0 aliphatic carbocycles. The number of nitrogens with two attached hydrogens (primary N) is 1. The number of nitrogen functional groups attached to an aromatic ring is 1. The van der Waals surface area contributed by atoms with Crippen LogP contribution in [0.15, 0.2) is 11.1 Å². The van der Waals surface area contributed by atoms with Crippen LogP contribution in [-0.2, 0) is 16.6 Å². The molecule has 1 aromatic rings. The number of amides is 2. The molecule has 1 heterocycles. The van der Waals surface area contributed by atoms with Crippen LogP contribution < -0.4 is 15.8 Å². The van der Waals surface area contributed by atoms with Gasteiger partial charge in [-0.2, -0.15) is 5.10 Å². The first kappa shape index (κ1) is 13.3. The summed E-state index contributed by atoms with van der Waals surface area (Å²) < 4.78 is 26.7. The number of hydrogen-bond donors (Lipinski definition) is 3. The van der Waals surface area contributed by atoms with Crippen LogP contribution in [0.3, 0.4) is 0 Å². The molecule has 0 aromatic carbocycles. The molecule has 9 heteroatoms. The summed E-state index contributed by atoms with van der Waals surface area (Å²) in [5, 5.41) is 6.11. The molecule has 0 unspecified atom stereocenters. The van der Waals surface area contributed by atoms with E-state index in [1.54, 1.807) is 13.8 Å². The minimum absolute atomic E-state index is 0.136. The average Bonchev–Trinajstić information content (AvgIpc) is 2.60. The smallest absolute Gasteiger partial charge is 0.328 e. The zero-order chi connectivity index (χ0) is 13.1. The lowest BCUT2D eigenvalue weighted by molar-refractivity contribution is 0.246. The Kier molecular flexibility index (Phi) is 3.94. The first-order chi connectivity index (χ1) is 7.90. The van der Waals surface area contributed by atoms with E-state index in [0.717, 1.165) is 0 Å². The molecule has 2 amide bonds. The quantitative estimate of drug-likeness (QED) is 0.674. The van der Waals surface area contributed by atoms with Crippen LogP contribution in [0.25, 0.3) is 0 Å². The highest BCUT2D eigenvalue weighted by molar-refractivity contribution is 7.90. The van der Waals surface area contributed by atoms with Gasteiger partial charge in [-0.05, 0) is 13.8 Å². The number of urea groups is 1. The fraction of sp³-hybridized carbons (Fsp3) is 0.500. The van der Waals surface area contributed by atoms with Gasteiger partial charge in [-0.15, -0.1) is 0 Å². The molecule has 0 fully saturated rings. The zero-order valence-electron chi connectivity index (χ0n) is 9.60. The van der Waals surface area contributed by atoms with Crippen molar-refractivity contribution in [3.05, 3.63) is 6.20 Å². The molecule has 0 aliphatic heterocycles. The second-order valence-corrected chi connectivity index (χ2v) is 4.85. The predicted molar refractivity (Wildman–Crippen MR) is 61.7 cm³/mol. The summed E-state index contributed by atoms with van der Waals surface area (Å²) in [5.41, 5.74) is 5.47. The summed E-state index contributed by atoms with van der Waals surface area (Å²) >= 11 is 0. The van der Waals surface area contributed by atoms with E-state index >= 15 is 0 Å². The second-order valence-electron chi connectivity index (χ2n) is 3.20. The van der Waals surface area contributed by atoms with Crippen LogP contribution in [0.4, 0.5) is 10.6 Å². The Morgan fingerprint density at radius 3 is 2.65 bits per heavy atom. The molecule has 0 saturated heterocycles. The van der Waals surface area contributed by atoms with Crippen molar-refractivity contribution >= 4 is 21.9 Å². The summed E-state index contributed by atoms with van der Waals surface area (Å²) in [7, 11) is -3.97. The number of nitrogens with zero attached hydrogens (tertiary/aromatic N) is 2. The van der Waals surface area contributed by atoms with E-state index < -0.39 is 16.1 Å². The predicted octanol–water partition coefficient (Wildman–Crippen LogP) is -0.507. The van der Waals surface area contributed by atoms with Crippen molar-refractivity contribution in [3.8, 4) is 0 Å². The third-order valence-corrected chi connectivity index (χ3v) is 3.28. The van der Waals surface area contributed by atoms with Crippen LogP contribution in [0.2, 0.25) is 0 Å². The van der Waals surface area contributed by atoms with E-state index in [4.69, 9.17) is 5.73 Å². The number of nitrogens with one attached hydrogen (secondary N) is 2. The van der Waals surface area contributed by atoms with Crippen LogP contribution in [0.5, 0.6) is 0 Å². The van der Waals surface area contributed by atoms with Crippen molar-refractivity contribution in [1.82, 2.24) is 19.8 Å². The highest BCUT2D eigenvalue weighted by Gasteiger charge is 2.22. The molecule has 1 aromatic heterocycles. The fourth-order valence-electron chi connectivity index (χ4n) is 1.16. The maximum Gasteiger partial charge on any atom is 0.328 e. The van der Waals surface area contributed by atoms with Gasteiger partial charge in [-0.1, -0.05) is 0 Å². The molecular formula is C8H15N5O3S. The number of carbonyl (C=O) groups excluding carboxylic acids is 1. The third-order valence-electron chi connectivity index (χ3n) is 1.93. The van der Waals surface area contributed by atoms with Crippen LogP contribution >= 0.6 is 0 Å². The van der Waals surface area contributed by atoms with E-state index in [1.807, 2.05) is 4.72 Å². The minimum Gasteiger partial charge on any atom is -0.381 e. The molecule has 4 N–H and O–H groups in total. The van der Waals surface area contributed by atoms with Crippen molar-refractivity contribution < 1.29 is 13.2 Å². The summed E-state index contributed by atoms with van der Waals surface area (Å²) in [6.07, 6.45) is 1.27. The summed E-state index contributed by atoms with van der Waals surface area (Å²) in [6, 6.07) is -0.795. The number of anilines is 1. The Morgan fingerprint density at radius 2 is 2.18 bits per heavy atom. The molecule has 17 heavy (non-hydrogen) atoms. The first-order valence-electron chi connectivity index (χ1n) is 5.04. The SMILES string of the molecule is CCNC(=O)NS(=O)(=O)c1cn(CC)nc1N. The molecule has 0 atom stereocenters. The highest BCUT2D eigenvalue weighted by Crippen LogP contribution is 2.15. The number of hydrogen-bond acceptors (Lipinski definition) is 5. The van der Waals surface area contributed by atoms with Gasteiger partial charge in [0.05, 0.1) is 0 Å². The Bertz CT molecular complexity index is 507. The van der Waals surface area contributed by atoms with Gasteiger partial charge in [-0.25, -0.2) is 17.9 Å². The van der Waals surface area contributed by atoms with Crippen molar-refractivity contribution in [3.63, 3.8) is 0 Å². The maximum atomic E-state index is 11.8. The molecule has 0 radical (unpaired) electrons. The van der Waals surface area contributed by atoms with Crippen LogP contribution in [0, 0.1) is 0 Å². The van der Waals surface area contributed by atoms with Gasteiger partial charge < -0.3 is 11.1 Å². The number of rotatable bonds is 4. The Balaban J connectivity index is 2.97. The van der Waals surface area contributed by atoms with Gasteiger partial charge in [0.15, 0.2) is 5.82 Å². The average molecular weight is 261 g/mol.